The fourth-order valence-corrected chi connectivity index (χ4v) is 2.21. The fraction of sp³-hybridized carbons (Fsp3) is 0.786. The van der Waals surface area contributed by atoms with E-state index < -0.39 is 0 Å². The minimum atomic E-state index is 1.10. The maximum absolute atomic E-state index is 2.42. The van der Waals surface area contributed by atoms with Crippen LogP contribution in [0.3, 0.4) is 0 Å². The van der Waals surface area contributed by atoms with Gasteiger partial charge in [-0.3, -0.25) is 0 Å². The smallest absolute Gasteiger partial charge is 0.234 e. The molecule has 16 heavy (non-hydrogen) atoms. The highest BCUT2D eigenvalue weighted by Gasteiger charge is 2.18. The molecule has 0 radical (unpaired) electrons. The predicted molar refractivity (Wildman–Crippen MR) is 68.5 cm³/mol. The third-order valence-corrected chi connectivity index (χ3v) is 3.34. The van der Waals surface area contributed by atoms with Crippen molar-refractivity contribution in [3.05, 3.63) is 17.7 Å². The van der Waals surface area contributed by atoms with Crippen LogP contribution in [-0.2, 0) is 26.4 Å². The number of aromatic nitrogens is 2. The monoisotopic (exact) mass is 223 g/mol. The second kappa shape index (κ2) is 6.72. The molecule has 1 heterocycles. The molecule has 0 N–H and O–H groups in total. The molecule has 0 aliphatic carbocycles. The van der Waals surface area contributed by atoms with Crippen molar-refractivity contribution in [3.63, 3.8) is 0 Å². The van der Waals surface area contributed by atoms with Gasteiger partial charge < -0.3 is 0 Å². The second-order valence-electron chi connectivity index (χ2n) is 4.59. The summed E-state index contributed by atoms with van der Waals surface area (Å²) < 4.78 is 4.83. The highest BCUT2D eigenvalue weighted by molar-refractivity contribution is 4.99. The fourth-order valence-electron chi connectivity index (χ4n) is 2.21. The van der Waals surface area contributed by atoms with E-state index in [-0.39, 0.29) is 0 Å². The van der Waals surface area contributed by atoms with Gasteiger partial charge in [0.15, 0.2) is 0 Å². The maximum atomic E-state index is 2.42. The Hall–Kier alpha value is -0.790. The number of hydrogen-bond acceptors (Lipinski definition) is 0. The Morgan fingerprint density at radius 3 is 2.25 bits per heavy atom. The Kier molecular flexibility index (Phi) is 5.58. The van der Waals surface area contributed by atoms with E-state index in [0.29, 0.717) is 0 Å². The van der Waals surface area contributed by atoms with Gasteiger partial charge >= 0.3 is 0 Å². The summed E-state index contributed by atoms with van der Waals surface area (Å²) in [7, 11) is 2.22. The van der Waals surface area contributed by atoms with Crippen molar-refractivity contribution in [2.45, 2.75) is 65.8 Å². The molecule has 0 bridgehead atoms. The summed E-state index contributed by atoms with van der Waals surface area (Å²) in [4.78, 5) is 0. The predicted octanol–water partition coefficient (Wildman–Crippen LogP) is 3.02. The molecule has 0 amide bonds. The first kappa shape index (κ1) is 13.3. The van der Waals surface area contributed by atoms with Gasteiger partial charge in [-0.05, 0) is 19.8 Å². The van der Waals surface area contributed by atoms with Crippen molar-refractivity contribution < 1.29 is 4.57 Å². The summed E-state index contributed by atoms with van der Waals surface area (Å²) in [5.41, 5.74) is 1.50. The van der Waals surface area contributed by atoms with Gasteiger partial charge in [0.2, 0.25) is 0 Å². The van der Waals surface area contributed by atoms with Gasteiger partial charge in [-0.1, -0.05) is 26.7 Å². The zero-order chi connectivity index (χ0) is 12.0. The van der Waals surface area contributed by atoms with Gasteiger partial charge in [0.1, 0.15) is 11.9 Å². The molecule has 0 aliphatic rings. The molecule has 0 spiro atoms. The first-order valence-electron chi connectivity index (χ1n) is 6.81. The average Bonchev–Trinajstić information content (AvgIpc) is 2.60. The largest absolute Gasteiger partial charge is 0.256 e. The van der Waals surface area contributed by atoms with Crippen molar-refractivity contribution in [1.29, 1.82) is 0 Å². The lowest BCUT2D eigenvalue weighted by atomic mass is 10.2. The van der Waals surface area contributed by atoms with E-state index in [1.807, 2.05) is 0 Å². The zero-order valence-electron chi connectivity index (χ0n) is 11.4. The summed E-state index contributed by atoms with van der Waals surface area (Å²) in [5, 5.41) is 0. The second-order valence-corrected chi connectivity index (χ2v) is 4.59. The van der Waals surface area contributed by atoms with Crippen LogP contribution in [0.25, 0.3) is 0 Å². The highest BCUT2D eigenvalue weighted by atomic mass is 15.1. The van der Waals surface area contributed by atoms with Crippen LogP contribution in [0, 0.1) is 0 Å². The van der Waals surface area contributed by atoms with Crippen LogP contribution in [0.1, 0.15) is 58.0 Å². The first-order chi connectivity index (χ1) is 7.74. The van der Waals surface area contributed by atoms with Crippen LogP contribution in [0.5, 0.6) is 0 Å². The lowest BCUT2D eigenvalue weighted by molar-refractivity contribution is -0.700. The van der Waals surface area contributed by atoms with Gasteiger partial charge in [0.05, 0.1) is 13.6 Å². The summed E-state index contributed by atoms with van der Waals surface area (Å²) in [6.45, 7) is 7.85. The Morgan fingerprint density at radius 1 is 1.06 bits per heavy atom. The van der Waals surface area contributed by atoms with E-state index in [0.717, 1.165) is 6.54 Å². The van der Waals surface area contributed by atoms with E-state index in [4.69, 9.17) is 0 Å². The third-order valence-electron chi connectivity index (χ3n) is 3.34. The first-order valence-corrected chi connectivity index (χ1v) is 6.81. The molecule has 0 aromatic carbocycles. The van der Waals surface area contributed by atoms with Crippen molar-refractivity contribution in [3.8, 4) is 0 Å². The normalized spacial score (nSPS) is 11.0. The molecule has 1 rings (SSSR count). The minimum absolute atomic E-state index is 1.10. The van der Waals surface area contributed by atoms with Gasteiger partial charge in [-0.15, -0.1) is 0 Å². The van der Waals surface area contributed by atoms with Gasteiger partial charge in [-0.2, -0.15) is 0 Å². The molecule has 2 heteroatoms. The molecular formula is C14H27N2+. The Balaban J connectivity index is 2.82. The molecule has 1 aromatic heterocycles. The van der Waals surface area contributed by atoms with E-state index in [1.165, 1.54) is 50.0 Å². The van der Waals surface area contributed by atoms with Crippen LogP contribution in [0.2, 0.25) is 0 Å². The number of unbranched alkanes of at least 4 members (excludes halogenated alkanes) is 2. The van der Waals surface area contributed by atoms with E-state index >= 15 is 0 Å². The topological polar surface area (TPSA) is 8.81 Å². The van der Waals surface area contributed by atoms with E-state index in [2.05, 4.69) is 43.1 Å². The summed E-state index contributed by atoms with van der Waals surface area (Å²) >= 11 is 0. The van der Waals surface area contributed by atoms with Crippen LogP contribution >= 0.6 is 0 Å². The van der Waals surface area contributed by atoms with Crippen LogP contribution < -0.4 is 4.57 Å². The highest BCUT2D eigenvalue weighted by Crippen LogP contribution is 2.08. The quantitative estimate of drug-likeness (QED) is 0.628. The van der Waals surface area contributed by atoms with Crippen molar-refractivity contribution >= 4 is 0 Å². The van der Waals surface area contributed by atoms with Crippen LogP contribution in [0.4, 0.5) is 0 Å². The summed E-state index contributed by atoms with van der Waals surface area (Å²) in [5.74, 6) is 1.50. The average molecular weight is 223 g/mol. The molecule has 0 saturated carbocycles. The number of aryl methyl sites for hydroxylation is 2. The van der Waals surface area contributed by atoms with Crippen molar-refractivity contribution in [1.82, 2.24) is 4.57 Å². The Morgan fingerprint density at radius 2 is 1.69 bits per heavy atom. The minimum Gasteiger partial charge on any atom is -0.234 e. The Bertz CT molecular complexity index is 313. The molecule has 1 aromatic rings. The van der Waals surface area contributed by atoms with Crippen LogP contribution in [-0.4, -0.2) is 4.57 Å². The van der Waals surface area contributed by atoms with Gasteiger partial charge in [-0.25, -0.2) is 9.13 Å². The molecule has 0 fully saturated rings. The number of imidazole rings is 1. The number of nitrogens with zero attached hydrogens (tertiary/aromatic N) is 2. The zero-order valence-corrected chi connectivity index (χ0v) is 11.4. The molecule has 0 unspecified atom stereocenters. The van der Waals surface area contributed by atoms with Crippen LogP contribution in [0.15, 0.2) is 6.20 Å². The molecule has 0 aliphatic heterocycles. The molecular weight excluding hydrogens is 196 g/mol. The molecule has 0 atom stereocenters. The van der Waals surface area contributed by atoms with Crippen molar-refractivity contribution in [2.24, 2.45) is 7.05 Å². The Labute approximate surface area is 100 Å². The lowest BCUT2D eigenvalue weighted by Gasteiger charge is -2.00. The number of hydrogen-bond donors (Lipinski definition) is 0. The van der Waals surface area contributed by atoms with E-state index in [1.54, 1.807) is 0 Å². The molecule has 2 nitrogen and oxygen atoms in total. The third kappa shape index (κ3) is 3.10. The van der Waals surface area contributed by atoms with E-state index in [9.17, 15) is 0 Å². The SMILES string of the molecule is CCCCc1c[n+](CC)c(CCCC)n1C. The van der Waals surface area contributed by atoms with Gasteiger partial charge in [0.25, 0.3) is 5.82 Å². The summed E-state index contributed by atoms with van der Waals surface area (Å²) in [6.07, 6.45) is 9.94. The lowest BCUT2D eigenvalue weighted by Crippen LogP contribution is -2.35. The molecule has 0 saturated heterocycles. The number of rotatable bonds is 7. The maximum Gasteiger partial charge on any atom is 0.256 e. The molecule has 92 valence electrons. The van der Waals surface area contributed by atoms with Crippen molar-refractivity contribution in [2.75, 3.05) is 0 Å². The summed E-state index contributed by atoms with van der Waals surface area (Å²) in [6, 6.07) is 0. The van der Waals surface area contributed by atoms with Gasteiger partial charge in [0, 0.05) is 12.8 Å². The standard InChI is InChI=1S/C14H27N2/c1-5-8-10-13-12-16(7-3)14(15(13)4)11-9-6-2/h12H,5-11H2,1-4H3/q+1.